The number of rotatable bonds is 10. The molecule has 0 saturated carbocycles. The van der Waals surface area contributed by atoms with E-state index in [1.165, 1.54) is 4.90 Å². The second-order valence-electron chi connectivity index (χ2n) is 5.39. The van der Waals surface area contributed by atoms with Crippen molar-refractivity contribution in [3.63, 3.8) is 0 Å². The summed E-state index contributed by atoms with van der Waals surface area (Å²) in [6.07, 6.45) is 0.242. The van der Waals surface area contributed by atoms with Crippen LogP contribution in [0.5, 0.6) is 17.2 Å². The minimum atomic E-state index is -0.295. The molecule has 0 atom stereocenters. The molecule has 0 aliphatic rings. The van der Waals surface area contributed by atoms with Gasteiger partial charge in [-0.3, -0.25) is 9.59 Å². The lowest BCUT2D eigenvalue weighted by Gasteiger charge is -2.17. The molecule has 0 aliphatic heterocycles. The van der Waals surface area contributed by atoms with Crippen LogP contribution in [0.2, 0.25) is 0 Å². The van der Waals surface area contributed by atoms with Crippen molar-refractivity contribution in [1.82, 2.24) is 10.2 Å². The minimum Gasteiger partial charge on any atom is -0.490 e. The first-order valence-electron chi connectivity index (χ1n) is 8.49. The van der Waals surface area contributed by atoms with Crippen LogP contribution >= 0.6 is 0 Å². The number of nitrogens with one attached hydrogen (secondary N) is 1. The summed E-state index contributed by atoms with van der Waals surface area (Å²) >= 11 is 0. The van der Waals surface area contributed by atoms with E-state index in [9.17, 15) is 9.59 Å². The average Bonchev–Trinajstić information content (AvgIpc) is 2.57. The first-order valence-corrected chi connectivity index (χ1v) is 8.49. The quantitative estimate of drug-likeness (QED) is 0.698. The topological polar surface area (TPSA) is 77.1 Å². The number of hydrogen-bond donors (Lipinski definition) is 1. The molecule has 0 aromatic heterocycles. The Morgan fingerprint density at radius 3 is 1.92 bits per heavy atom. The van der Waals surface area contributed by atoms with E-state index in [0.29, 0.717) is 42.6 Å². The Labute approximate surface area is 149 Å². The van der Waals surface area contributed by atoms with Gasteiger partial charge in [-0.1, -0.05) is 0 Å². The van der Waals surface area contributed by atoms with Crippen molar-refractivity contribution in [2.45, 2.75) is 27.2 Å². The molecule has 7 heteroatoms. The van der Waals surface area contributed by atoms with E-state index in [1.54, 1.807) is 26.2 Å². The summed E-state index contributed by atoms with van der Waals surface area (Å²) in [7, 11) is 3.36. The van der Waals surface area contributed by atoms with Crippen molar-refractivity contribution in [2.75, 3.05) is 40.5 Å². The zero-order valence-corrected chi connectivity index (χ0v) is 15.7. The average molecular weight is 352 g/mol. The van der Waals surface area contributed by atoms with Gasteiger partial charge in [-0.05, 0) is 32.9 Å². The highest BCUT2D eigenvalue weighted by molar-refractivity contribution is 5.95. The Morgan fingerprint density at radius 2 is 1.48 bits per heavy atom. The maximum absolute atomic E-state index is 12.4. The van der Waals surface area contributed by atoms with Crippen molar-refractivity contribution >= 4 is 11.8 Å². The van der Waals surface area contributed by atoms with Gasteiger partial charge < -0.3 is 24.4 Å². The van der Waals surface area contributed by atoms with Crippen molar-refractivity contribution in [2.24, 2.45) is 0 Å². The van der Waals surface area contributed by atoms with Crippen LogP contribution in [-0.2, 0) is 4.79 Å². The Bertz CT molecular complexity index is 560. The van der Waals surface area contributed by atoms with E-state index in [4.69, 9.17) is 14.2 Å². The van der Waals surface area contributed by atoms with Gasteiger partial charge in [-0.15, -0.1) is 0 Å². The van der Waals surface area contributed by atoms with Crippen LogP contribution in [0.4, 0.5) is 0 Å². The zero-order valence-electron chi connectivity index (χ0n) is 15.7. The van der Waals surface area contributed by atoms with Crippen molar-refractivity contribution in [3.05, 3.63) is 17.7 Å². The van der Waals surface area contributed by atoms with Crippen molar-refractivity contribution in [1.29, 1.82) is 0 Å². The molecule has 0 aliphatic carbocycles. The normalized spacial score (nSPS) is 10.1. The first kappa shape index (κ1) is 20.6. The smallest absolute Gasteiger partial charge is 0.251 e. The van der Waals surface area contributed by atoms with Crippen LogP contribution in [-0.4, -0.2) is 57.2 Å². The summed E-state index contributed by atoms with van der Waals surface area (Å²) in [4.78, 5) is 25.5. The van der Waals surface area contributed by atoms with Crippen molar-refractivity contribution in [3.8, 4) is 17.2 Å². The third-order valence-electron chi connectivity index (χ3n) is 3.29. The number of nitrogens with zero attached hydrogens (tertiary/aromatic N) is 1. The summed E-state index contributed by atoms with van der Waals surface area (Å²) in [5.74, 6) is 1.08. The molecule has 0 radical (unpaired) electrons. The summed E-state index contributed by atoms with van der Waals surface area (Å²) in [6, 6.07) is 3.25. The number of carbonyl (C=O) groups is 2. The van der Waals surface area contributed by atoms with E-state index in [2.05, 4.69) is 5.32 Å². The van der Waals surface area contributed by atoms with E-state index in [0.717, 1.165) is 0 Å². The summed E-state index contributed by atoms with van der Waals surface area (Å²) in [6.45, 7) is 7.18. The molecule has 25 heavy (non-hydrogen) atoms. The highest BCUT2D eigenvalue weighted by atomic mass is 16.5. The van der Waals surface area contributed by atoms with E-state index in [-0.39, 0.29) is 24.8 Å². The molecular weight excluding hydrogens is 324 g/mol. The number of carbonyl (C=O) groups excluding carboxylic acids is 2. The molecule has 1 aromatic carbocycles. The SMILES string of the molecule is CCOc1cc(C(=O)NCCC(=O)N(C)C)cc(OCC)c1OCC. The Kier molecular flexibility index (Phi) is 8.60. The Balaban J connectivity index is 2.97. The van der Waals surface area contributed by atoms with Crippen LogP contribution in [0.3, 0.4) is 0 Å². The molecule has 140 valence electrons. The van der Waals surface area contributed by atoms with E-state index in [1.807, 2.05) is 20.8 Å². The van der Waals surface area contributed by atoms with Crippen LogP contribution in [0.25, 0.3) is 0 Å². The number of ether oxygens (including phenoxy) is 3. The predicted octanol–water partition coefficient (Wildman–Crippen LogP) is 2.09. The summed E-state index contributed by atoms with van der Waals surface area (Å²) < 4.78 is 16.8. The molecule has 7 nitrogen and oxygen atoms in total. The van der Waals surface area contributed by atoms with Gasteiger partial charge >= 0.3 is 0 Å². The van der Waals surface area contributed by atoms with E-state index < -0.39 is 0 Å². The van der Waals surface area contributed by atoms with Crippen molar-refractivity contribution < 1.29 is 23.8 Å². The second kappa shape index (κ2) is 10.4. The molecule has 0 bridgehead atoms. The zero-order chi connectivity index (χ0) is 18.8. The largest absolute Gasteiger partial charge is 0.490 e. The van der Waals surface area contributed by atoms with Crippen LogP contribution in [0, 0.1) is 0 Å². The molecule has 0 unspecified atom stereocenters. The number of benzene rings is 1. The van der Waals surface area contributed by atoms with Crippen LogP contribution in [0.15, 0.2) is 12.1 Å². The Hall–Kier alpha value is -2.44. The van der Waals surface area contributed by atoms with E-state index >= 15 is 0 Å². The monoisotopic (exact) mass is 352 g/mol. The van der Waals surface area contributed by atoms with Gasteiger partial charge in [0, 0.05) is 32.6 Å². The Morgan fingerprint density at radius 1 is 0.960 bits per heavy atom. The lowest BCUT2D eigenvalue weighted by molar-refractivity contribution is -0.128. The second-order valence-corrected chi connectivity index (χ2v) is 5.39. The third-order valence-corrected chi connectivity index (χ3v) is 3.29. The number of hydrogen-bond acceptors (Lipinski definition) is 5. The molecule has 1 aromatic rings. The molecule has 0 fully saturated rings. The van der Waals surface area contributed by atoms with Gasteiger partial charge in [0.2, 0.25) is 11.7 Å². The lowest BCUT2D eigenvalue weighted by atomic mass is 10.1. The molecular formula is C18H28N2O5. The highest BCUT2D eigenvalue weighted by Gasteiger charge is 2.18. The highest BCUT2D eigenvalue weighted by Crippen LogP contribution is 2.39. The van der Waals surface area contributed by atoms with Gasteiger partial charge in [-0.25, -0.2) is 0 Å². The standard InChI is InChI=1S/C18H28N2O5/c1-6-23-14-11-13(12-15(24-7-2)17(14)25-8-3)18(22)19-10-9-16(21)20(4)5/h11-12H,6-10H2,1-5H3,(H,19,22). The molecule has 0 saturated heterocycles. The van der Waals surface area contributed by atoms with Gasteiger partial charge in [0.25, 0.3) is 5.91 Å². The fraction of sp³-hybridized carbons (Fsp3) is 0.556. The molecule has 1 rings (SSSR count). The minimum absolute atomic E-state index is 0.0444. The molecule has 0 heterocycles. The maximum Gasteiger partial charge on any atom is 0.251 e. The molecule has 0 spiro atoms. The van der Waals surface area contributed by atoms with Gasteiger partial charge in [0.15, 0.2) is 11.5 Å². The molecule has 2 amide bonds. The van der Waals surface area contributed by atoms with Gasteiger partial charge in [0.1, 0.15) is 0 Å². The van der Waals surface area contributed by atoms with Gasteiger partial charge in [-0.2, -0.15) is 0 Å². The third kappa shape index (κ3) is 6.17. The fourth-order valence-electron chi connectivity index (χ4n) is 2.13. The maximum atomic E-state index is 12.4. The fourth-order valence-corrected chi connectivity index (χ4v) is 2.13. The lowest BCUT2D eigenvalue weighted by Crippen LogP contribution is -2.30. The van der Waals surface area contributed by atoms with Gasteiger partial charge in [0.05, 0.1) is 19.8 Å². The number of amides is 2. The van der Waals surface area contributed by atoms with Crippen LogP contribution in [0.1, 0.15) is 37.6 Å². The first-order chi connectivity index (χ1) is 11.9. The summed E-state index contributed by atoms with van der Waals surface area (Å²) in [5.41, 5.74) is 0.396. The predicted molar refractivity (Wildman–Crippen MR) is 95.6 cm³/mol. The molecule has 1 N–H and O–H groups in total. The van der Waals surface area contributed by atoms with Crippen LogP contribution < -0.4 is 19.5 Å². The summed E-state index contributed by atoms with van der Waals surface area (Å²) in [5, 5.41) is 2.74.